The van der Waals surface area contributed by atoms with Crippen molar-refractivity contribution in [2.24, 2.45) is 0 Å². The Morgan fingerprint density at radius 2 is 1.60 bits per heavy atom. The molecular weight excluding hydrogens is 244 g/mol. The molecule has 2 heterocycles. The van der Waals surface area contributed by atoms with E-state index in [1.54, 1.807) is 11.3 Å². The second-order valence-corrected chi connectivity index (χ2v) is 2.54. The summed E-state index contributed by atoms with van der Waals surface area (Å²) in [6, 6.07) is 0. The number of thiophene rings is 1. The predicted molar refractivity (Wildman–Crippen MR) is 35.3 cm³/mol. The largest absolute Gasteiger partial charge is 0.485 e. The number of hydrogen-bond donors (Lipinski definition) is 0. The van der Waals surface area contributed by atoms with E-state index in [2.05, 4.69) is 0 Å². The van der Waals surface area contributed by atoms with Gasteiger partial charge in [0.2, 0.25) is 0 Å². The van der Waals surface area contributed by atoms with E-state index < -0.39 is 0 Å². The normalized spacial score (nSPS) is 14.0. The fraction of sp³-hybridized carbons (Fsp3) is 0.333. The number of ether oxygens (including phenoxy) is 2. The summed E-state index contributed by atoms with van der Waals surface area (Å²) in [7, 11) is 0. The second kappa shape index (κ2) is 3.44. The zero-order valence-corrected chi connectivity index (χ0v) is 7.39. The van der Waals surface area contributed by atoms with Crippen molar-refractivity contribution in [3.63, 3.8) is 0 Å². The van der Waals surface area contributed by atoms with Crippen LogP contribution in [-0.4, -0.2) is 13.2 Å². The molecule has 2 nitrogen and oxygen atoms in total. The van der Waals surface area contributed by atoms with Crippen LogP contribution >= 0.6 is 11.3 Å². The molecule has 0 aliphatic carbocycles. The molecule has 0 atom stereocenters. The van der Waals surface area contributed by atoms with Gasteiger partial charge in [-0.05, 0) is 0 Å². The maximum Gasteiger partial charge on any atom is 0.172 e. The molecule has 4 heteroatoms. The summed E-state index contributed by atoms with van der Waals surface area (Å²) >= 11 is 1.61. The summed E-state index contributed by atoms with van der Waals surface area (Å²) in [5.74, 6) is 1.79. The number of rotatable bonds is 0. The fourth-order valence-corrected chi connectivity index (χ4v) is 1.47. The first-order valence-electron chi connectivity index (χ1n) is 2.78. The summed E-state index contributed by atoms with van der Waals surface area (Å²) in [5, 5.41) is 3.91. The average Bonchev–Trinajstić information content (AvgIpc) is 2.33. The van der Waals surface area contributed by atoms with E-state index in [-0.39, 0.29) is 22.4 Å². The summed E-state index contributed by atoms with van der Waals surface area (Å²) in [6.07, 6.45) is 0. The van der Waals surface area contributed by atoms with E-state index >= 15 is 0 Å². The Bertz CT molecular complexity index is 191. The van der Waals surface area contributed by atoms with Crippen LogP contribution in [0.5, 0.6) is 11.5 Å². The topological polar surface area (TPSA) is 18.5 Å². The van der Waals surface area contributed by atoms with Gasteiger partial charge in [0.15, 0.2) is 11.5 Å². The van der Waals surface area contributed by atoms with E-state index in [9.17, 15) is 0 Å². The van der Waals surface area contributed by atoms with Gasteiger partial charge in [0.25, 0.3) is 0 Å². The Morgan fingerprint density at radius 1 is 1.10 bits per heavy atom. The van der Waals surface area contributed by atoms with Crippen molar-refractivity contribution in [1.82, 2.24) is 0 Å². The van der Waals surface area contributed by atoms with Crippen molar-refractivity contribution >= 4 is 11.3 Å². The van der Waals surface area contributed by atoms with Crippen LogP contribution in [0.2, 0.25) is 0 Å². The average molecular weight is 250 g/mol. The second-order valence-electron chi connectivity index (χ2n) is 1.80. The molecule has 1 aliphatic heterocycles. The zero-order valence-electron chi connectivity index (χ0n) is 5.10. The molecule has 0 N–H and O–H groups in total. The van der Waals surface area contributed by atoms with Gasteiger partial charge in [-0.15, -0.1) is 11.3 Å². The van der Waals surface area contributed by atoms with E-state index in [4.69, 9.17) is 9.47 Å². The van der Waals surface area contributed by atoms with Gasteiger partial charge in [-0.2, -0.15) is 0 Å². The molecule has 1 aliphatic rings. The molecule has 59 valence electrons. The molecule has 0 fully saturated rings. The maximum atomic E-state index is 5.25. The molecule has 0 saturated carbocycles. The van der Waals surface area contributed by atoms with E-state index in [0.29, 0.717) is 13.2 Å². The Labute approximate surface area is 78.7 Å². The Balaban J connectivity index is 0.000000500. The molecule has 1 radical (unpaired) electrons. The summed E-state index contributed by atoms with van der Waals surface area (Å²) in [6.45, 7) is 1.37. The molecule has 0 unspecified atom stereocenters. The van der Waals surface area contributed by atoms with Crippen LogP contribution in [0.4, 0.5) is 0 Å². The first kappa shape index (κ1) is 8.14. The molecule has 0 amide bonds. The third-order valence-corrected chi connectivity index (χ3v) is 1.89. The number of fused-ring (bicyclic) bond motifs is 1. The summed E-state index contributed by atoms with van der Waals surface area (Å²) in [5.41, 5.74) is 0. The quantitative estimate of drug-likeness (QED) is 0.650. The zero-order chi connectivity index (χ0) is 6.10. The van der Waals surface area contributed by atoms with Crippen molar-refractivity contribution in [2.45, 2.75) is 0 Å². The molecule has 0 spiro atoms. The van der Waals surface area contributed by atoms with Crippen molar-refractivity contribution in [3.8, 4) is 11.5 Å². The van der Waals surface area contributed by atoms with Gasteiger partial charge in [-0.3, -0.25) is 0 Å². The predicted octanol–water partition coefficient (Wildman–Crippen LogP) is 1.52. The minimum absolute atomic E-state index is 0. The summed E-state index contributed by atoms with van der Waals surface area (Å²) in [4.78, 5) is 0. The standard InChI is InChI=1S/C6H6O2S.Ag/c1-2-8-6-4-9-3-5(6)7-1;/h3-4H,1-2H2;. The van der Waals surface area contributed by atoms with Gasteiger partial charge >= 0.3 is 0 Å². The first-order chi connectivity index (χ1) is 4.47. The molecular formula is C6H6AgO2S. The van der Waals surface area contributed by atoms with Crippen LogP contribution < -0.4 is 9.47 Å². The molecule has 1 aromatic heterocycles. The Hall–Kier alpha value is 0.0403. The molecule has 2 rings (SSSR count). The van der Waals surface area contributed by atoms with Crippen LogP contribution in [0, 0.1) is 0 Å². The van der Waals surface area contributed by atoms with Crippen molar-refractivity contribution in [1.29, 1.82) is 0 Å². The van der Waals surface area contributed by atoms with Crippen molar-refractivity contribution in [3.05, 3.63) is 10.8 Å². The van der Waals surface area contributed by atoms with Gasteiger partial charge < -0.3 is 9.47 Å². The SMILES string of the molecule is [Ag].c1scc2c1OCCO2. The van der Waals surface area contributed by atoms with Gasteiger partial charge in [0.1, 0.15) is 13.2 Å². The minimum Gasteiger partial charge on any atom is -0.485 e. The molecule has 0 aromatic carbocycles. The minimum atomic E-state index is 0. The van der Waals surface area contributed by atoms with Crippen molar-refractivity contribution < 1.29 is 31.9 Å². The van der Waals surface area contributed by atoms with Gasteiger partial charge in [0, 0.05) is 33.1 Å². The van der Waals surface area contributed by atoms with Crippen LogP contribution in [-0.2, 0) is 22.4 Å². The van der Waals surface area contributed by atoms with Crippen molar-refractivity contribution in [2.75, 3.05) is 13.2 Å². The van der Waals surface area contributed by atoms with E-state index in [0.717, 1.165) is 11.5 Å². The van der Waals surface area contributed by atoms with Gasteiger partial charge in [-0.1, -0.05) is 0 Å². The Kier molecular flexibility index (Phi) is 2.80. The monoisotopic (exact) mass is 249 g/mol. The first-order valence-corrected chi connectivity index (χ1v) is 3.73. The van der Waals surface area contributed by atoms with Crippen LogP contribution in [0.15, 0.2) is 10.8 Å². The van der Waals surface area contributed by atoms with E-state index in [1.165, 1.54) is 0 Å². The number of hydrogen-bond acceptors (Lipinski definition) is 3. The fourth-order valence-electron chi connectivity index (χ4n) is 0.787. The Morgan fingerprint density at radius 3 is 2.10 bits per heavy atom. The third-order valence-electron chi connectivity index (χ3n) is 1.19. The molecule has 0 bridgehead atoms. The van der Waals surface area contributed by atoms with Crippen LogP contribution in [0.3, 0.4) is 0 Å². The molecule has 0 saturated heterocycles. The van der Waals surface area contributed by atoms with Gasteiger partial charge in [0.05, 0.1) is 0 Å². The molecule has 10 heavy (non-hydrogen) atoms. The van der Waals surface area contributed by atoms with E-state index in [1.807, 2.05) is 10.8 Å². The summed E-state index contributed by atoms with van der Waals surface area (Å²) < 4.78 is 10.5. The van der Waals surface area contributed by atoms with Crippen LogP contribution in [0.25, 0.3) is 0 Å². The van der Waals surface area contributed by atoms with Gasteiger partial charge in [-0.25, -0.2) is 0 Å². The smallest absolute Gasteiger partial charge is 0.172 e. The maximum absolute atomic E-state index is 5.25. The third kappa shape index (κ3) is 1.37. The molecule has 1 aromatic rings. The van der Waals surface area contributed by atoms with Crippen LogP contribution in [0.1, 0.15) is 0 Å².